The summed E-state index contributed by atoms with van der Waals surface area (Å²) in [5, 5.41) is 19.6. The first kappa shape index (κ1) is 18.3. The van der Waals surface area contributed by atoms with Crippen molar-refractivity contribution in [2.75, 3.05) is 0 Å². The molecule has 0 aliphatic rings. The normalized spacial score (nSPS) is 15.2. The van der Waals surface area contributed by atoms with Crippen molar-refractivity contribution in [2.24, 2.45) is 17.2 Å². The summed E-state index contributed by atoms with van der Waals surface area (Å²) in [7, 11) is 0. The van der Waals surface area contributed by atoms with Gasteiger partial charge < -0.3 is 32.7 Å². The van der Waals surface area contributed by atoms with Gasteiger partial charge in [0.15, 0.2) is 0 Å². The summed E-state index contributed by atoms with van der Waals surface area (Å²) in [5.74, 6) is -2.63. The first-order valence-corrected chi connectivity index (χ1v) is 6.25. The van der Waals surface area contributed by atoms with Gasteiger partial charge in [0.05, 0.1) is 6.17 Å². The highest BCUT2D eigenvalue weighted by molar-refractivity contribution is 5.78. The maximum Gasteiger partial charge on any atom is 0.320 e. The number of amides is 1. The summed E-state index contributed by atoms with van der Waals surface area (Å²) >= 11 is 0. The number of carbonyl (C=O) groups is 3. The summed E-state index contributed by atoms with van der Waals surface area (Å²) in [6.45, 7) is 0. The van der Waals surface area contributed by atoms with E-state index < -0.39 is 36.1 Å². The minimum Gasteiger partial charge on any atom is -0.480 e. The Bertz CT molecular complexity index is 350. The zero-order chi connectivity index (χ0) is 15.7. The van der Waals surface area contributed by atoms with Crippen LogP contribution in [0.4, 0.5) is 0 Å². The Kier molecular flexibility index (Phi) is 8.45. The Morgan fingerprint density at radius 3 is 1.90 bits per heavy atom. The summed E-state index contributed by atoms with van der Waals surface area (Å²) in [6, 6.07) is -2.02. The molecule has 3 atom stereocenters. The van der Waals surface area contributed by atoms with Crippen LogP contribution in [-0.2, 0) is 14.4 Å². The Balaban J connectivity index is 3.80. The van der Waals surface area contributed by atoms with E-state index in [9.17, 15) is 14.4 Å². The summed E-state index contributed by atoms with van der Waals surface area (Å²) in [6.07, 6.45) is 0.488. The largest absolute Gasteiger partial charge is 0.480 e. The van der Waals surface area contributed by atoms with Crippen LogP contribution >= 0.6 is 0 Å². The lowest BCUT2D eigenvalue weighted by atomic mass is 10.1. The van der Waals surface area contributed by atoms with E-state index in [1.807, 2.05) is 0 Å². The molecule has 1 amide bonds. The molecule has 116 valence electrons. The molecule has 0 saturated carbocycles. The average molecular weight is 290 g/mol. The standard InChI is InChI=1S/C11H22N4O5/c12-6(10(17)18)2-1-3-8(14)15-9(16)5-4-7(13)11(19)20/h6-8H,1-5,12-14H2,(H,15,16)(H,17,18)(H,19,20). The van der Waals surface area contributed by atoms with Crippen LogP contribution in [-0.4, -0.2) is 46.3 Å². The van der Waals surface area contributed by atoms with E-state index in [1.165, 1.54) is 0 Å². The highest BCUT2D eigenvalue weighted by atomic mass is 16.4. The fraction of sp³-hybridized carbons (Fsp3) is 0.727. The van der Waals surface area contributed by atoms with Crippen molar-refractivity contribution in [1.29, 1.82) is 0 Å². The van der Waals surface area contributed by atoms with Gasteiger partial charge in [0.1, 0.15) is 12.1 Å². The van der Waals surface area contributed by atoms with Crippen LogP contribution in [0, 0.1) is 0 Å². The summed E-state index contributed by atoms with van der Waals surface area (Å²) in [4.78, 5) is 32.4. The number of hydrogen-bond acceptors (Lipinski definition) is 6. The van der Waals surface area contributed by atoms with E-state index in [4.69, 9.17) is 27.4 Å². The van der Waals surface area contributed by atoms with Crippen molar-refractivity contribution in [3.05, 3.63) is 0 Å². The molecule has 0 heterocycles. The van der Waals surface area contributed by atoms with Gasteiger partial charge in [-0.3, -0.25) is 14.4 Å². The number of nitrogens with one attached hydrogen (secondary N) is 1. The molecule has 0 aromatic heterocycles. The number of carboxylic acids is 2. The van der Waals surface area contributed by atoms with Gasteiger partial charge >= 0.3 is 11.9 Å². The molecule has 9 heteroatoms. The van der Waals surface area contributed by atoms with Gasteiger partial charge in [-0.2, -0.15) is 0 Å². The molecule has 9 nitrogen and oxygen atoms in total. The van der Waals surface area contributed by atoms with E-state index in [-0.39, 0.29) is 19.3 Å². The molecule has 0 rings (SSSR count). The number of nitrogens with two attached hydrogens (primary N) is 3. The first-order valence-electron chi connectivity index (χ1n) is 6.25. The van der Waals surface area contributed by atoms with Crippen molar-refractivity contribution in [3.8, 4) is 0 Å². The molecule has 0 aliphatic heterocycles. The monoisotopic (exact) mass is 290 g/mol. The van der Waals surface area contributed by atoms with Gasteiger partial charge in [0, 0.05) is 6.42 Å². The van der Waals surface area contributed by atoms with Crippen molar-refractivity contribution in [3.63, 3.8) is 0 Å². The van der Waals surface area contributed by atoms with Crippen molar-refractivity contribution < 1.29 is 24.6 Å². The minimum atomic E-state index is -1.16. The van der Waals surface area contributed by atoms with E-state index in [2.05, 4.69) is 5.32 Å². The van der Waals surface area contributed by atoms with Crippen molar-refractivity contribution >= 4 is 17.8 Å². The third-order valence-corrected chi connectivity index (χ3v) is 2.69. The van der Waals surface area contributed by atoms with Gasteiger partial charge in [-0.1, -0.05) is 0 Å². The molecule has 0 saturated heterocycles. The predicted molar refractivity (Wildman–Crippen MR) is 70.4 cm³/mol. The number of carboxylic acid groups (broad SMARTS) is 2. The number of hydrogen-bond donors (Lipinski definition) is 6. The number of carbonyl (C=O) groups excluding carboxylic acids is 1. The smallest absolute Gasteiger partial charge is 0.320 e. The van der Waals surface area contributed by atoms with Crippen LogP contribution in [0.15, 0.2) is 0 Å². The van der Waals surface area contributed by atoms with E-state index in [0.29, 0.717) is 12.8 Å². The average Bonchev–Trinajstić information content (AvgIpc) is 2.35. The van der Waals surface area contributed by atoms with Crippen molar-refractivity contribution in [2.45, 2.75) is 50.4 Å². The molecule has 9 N–H and O–H groups in total. The topological polar surface area (TPSA) is 182 Å². The van der Waals surface area contributed by atoms with E-state index in [1.54, 1.807) is 0 Å². The van der Waals surface area contributed by atoms with Crippen molar-refractivity contribution in [1.82, 2.24) is 5.32 Å². The van der Waals surface area contributed by atoms with Crippen LogP contribution in [0.5, 0.6) is 0 Å². The van der Waals surface area contributed by atoms with Crippen LogP contribution in [0.1, 0.15) is 32.1 Å². The molecule has 0 aromatic rings. The molecular weight excluding hydrogens is 268 g/mol. The SMILES string of the molecule is NC(CCCC(N)C(=O)O)NC(=O)CCC(N)C(=O)O. The fourth-order valence-corrected chi connectivity index (χ4v) is 1.44. The zero-order valence-electron chi connectivity index (χ0n) is 11.1. The van der Waals surface area contributed by atoms with Crippen LogP contribution in [0.3, 0.4) is 0 Å². The molecule has 3 unspecified atom stereocenters. The second kappa shape index (κ2) is 9.23. The fourth-order valence-electron chi connectivity index (χ4n) is 1.44. The lowest BCUT2D eigenvalue weighted by Crippen LogP contribution is -2.42. The second-order valence-electron chi connectivity index (χ2n) is 4.53. The number of rotatable bonds is 10. The second-order valence-corrected chi connectivity index (χ2v) is 4.53. The molecule has 0 fully saturated rings. The Morgan fingerprint density at radius 1 is 0.900 bits per heavy atom. The van der Waals surface area contributed by atoms with E-state index in [0.717, 1.165) is 0 Å². The lowest BCUT2D eigenvalue weighted by molar-refractivity contribution is -0.139. The molecule has 0 spiro atoms. The summed E-state index contributed by atoms with van der Waals surface area (Å²) < 4.78 is 0. The molecule has 20 heavy (non-hydrogen) atoms. The van der Waals surface area contributed by atoms with Crippen LogP contribution in [0.25, 0.3) is 0 Å². The quantitative estimate of drug-likeness (QED) is 0.254. The summed E-state index contributed by atoms with van der Waals surface area (Å²) in [5.41, 5.74) is 16.2. The van der Waals surface area contributed by atoms with Crippen LogP contribution < -0.4 is 22.5 Å². The molecule has 0 radical (unpaired) electrons. The predicted octanol–water partition coefficient (Wildman–Crippen LogP) is -1.84. The Morgan fingerprint density at radius 2 is 1.40 bits per heavy atom. The van der Waals surface area contributed by atoms with E-state index >= 15 is 0 Å². The Hall–Kier alpha value is -1.71. The van der Waals surface area contributed by atoms with Crippen LogP contribution in [0.2, 0.25) is 0 Å². The van der Waals surface area contributed by atoms with Gasteiger partial charge in [0.25, 0.3) is 0 Å². The molecule has 0 aliphatic carbocycles. The molecule has 0 aromatic carbocycles. The third-order valence-electron chi connectivity index (χ3n) is 2.69. The van der Waals surface area contributed by atoms with Gasteiger partial charge in [-0.05, 0) is 25.7 Å². The maximum atomic E-state index is 11.4. The minimum absolute atomic E-state index is 0.0256. The van der Waals surface area contributed by atoms with Gasteiger partial charge in [-0.25, -0.2) is 0 Å². The van der Waals surface area contributed by atoms with Gasteiger partial charge in [-0.15, -0.1) is 0 Å². The lowest BCUT2D eigenvalue weighted by Gasteiger charge is -2.15. The van der Waals surface area contributed by atoms with Gasteiger partial charge in [0.2, 0.25) is 5.91 Å². The Labute approximate surface area is 116 Å². The maximum absolute atomic E-state index is 11.4. The third kappa shape index (κ3) is 8.40. The molecular formula is C11H22N4O5. The number of aliphatic carboxylic acids is 2. The highest BCUT2D eigenvalue weighted by Gasteiger charge is 2.15. The molecule has 0 bridgehead atoms. The first-order chi connectivity index (χ1) is 9.23. The zero-order valence-corrected chi connectivity index (χ0v) is 11.1. The highest BCUT2D eigenvalue weighted by Crippen LogP contribution is 2.02.